The number of ether oxygens (including phenoxy) is 2. The van der Waals surface area contributed by atoms with E-state index in [1.165, 1.54) is 23.6 Å². The number of fused-ring (bicyclic) bond motifs is 1. The summed E-state index contributed by atoms with van der Waals surface area (Å²) in [6.07, 6.45) is 2.09. The predicted molar refractivity (Wildman–Crippen MR) is 112 cm³/mol. The normalized spacial score (nSPS) is 12.3. The molecule has 0 unspecified atom stereocenters. The van der Waals surface area contributed by atoms with Crippen molar-refractivity contribution in [2.24, 2.45) is 0 Å². The second kappa shape index (κ2) is 8.78. The number of aromatic amines is 1. The van der Waals surface area contributed by atoms with Crippen molar-refractivity contribution in [1.29, 1.82) is 0 Å². The van der Waals surface area contributed by atoms with E-state index in [0.717, 1.165) is 0 Å². The number of benzene rings is 1. The highest BCUT2D eigenvalue weighted by Gasteiger charge is 2.14. The maximum absolute atomic E-state index is 12.2. The summed E-state index contributed by atoms with van der Waals surface area (Å²) in [4.78, 5) is 42.8. The van der Waals surface area contributed by atoms with Crippen molar-refractivity contribution in [2.75, 3.05) is 23.8 Å². The molecular weight excluding hydrogens is 408 g/mol. The van der Waals surface area contributed by atoms with Gasteiger partial charge < -0.3 is 19.8 Å². The van der Waals surface area contributed by atoms with E-state index in [9.17, 15) is 14.4 Å². The number of carbonyl (C=O) groups is 2. The Balaban J connectivity index is 1.30. The van der Waals surface area contributed by atoms with Gasteiger partial charge in [0, 0.05) is 29.8 Å². The molecule has 0 saturated carbocycles. The summed E-state index contributed by atoms with van der Waals surface area (Å²) < 4.78 is 11.0. The molecule has 0 bridgehead atoms. The van der Waals surface area contributed by atoms with Gasteiger partial charge in [0.05, 0.1) is 5.69 Å². The predicted octanol–water partition coefficient (Wildman–Crippen LogP) is 2.43. The summed E-state index contributed by atoms with van der Waals surface area (Å²) in [6.45, 7) is 0.988. The molecule has 1 aromatic carbocycles. The molecule has 30 heavy (non-hydrogen) atoms. The molecule has 0 atom stereocenters. The molecule has 0 spiro atoms. The molecule has 2 aromatic heterocycles. The third-order valence-electron chi connectivity index (χ3n) is 4.27. The summed E-state index contributed by atoms with van der Waals surface area (Å²) in [7, 11) is 0. The van der Waals surface area contributed by atoms with Crippen molar-refractivity contribution in [3.63, 3.8) is 0 Å². The molecule has 4 rings (SSSR count). The first-order valence-electron chi connectivity index (χ1n) is 9.21. The number of amides is 2. The molecule has 0 aliphatic carbocycles. The van der Waals surface area contributed by atoms with Crippen molar-refractivity contribution in [3.8, 4) is 11.5 Å². The van der Waals surface area contributed by atoms with Crippen LogP contribution in [-0.4, -0.2) is 35.0 Å². The molecule has 10 heteroatoms. The Kier molecular flexibility index (Phi) is 5.75. The first-order chi connectivity index (χ1) is 14.6. The van der Waals surface area contributed by atoms with Crippen molar-refractivity contribution < 1.29 is 19.1 Å². The van der Waals surface area contributed by atoms with Crippen LogP contribution in [0.4, 0.5) is 10.8 Å². The molecule has 3 heterocycles. The molecule has 9 nitrogen and oxygen atoms in total. The van der Waals surface area contributed by atoms with Crippen LogP contribution in [0.25, 0.3) is 0 Å². The first kappa shape index (κ1) is 19.6. The van der Waals surface area contributed by atoms with Gasteiger partial charge in [-0.1, -0.05) is 0 Å². The topological polar surface area (TPSA) is 122 Å². The number of rotatable bonds is 6. The van der Waals surface area contributed by atoms with Gasteiger partial charge >= 0.3 is 0 Å². The van der Waals surface area contributed by atoms with Crippen molar-refractivity contribution >= 4 is 34.0 Å². The number of nitrogens with one attached hydrogen (secondary N) is 3. The van der Waals surface area contributed by atoms with E-state index in [2.05, 4.69) is 20.6 Å². The number of pyridine rings is 1. The van der Waals surface area contributed by atoms with E-state index in [4.69, 9.17) is 9.47 Å². The molecule has 3 N–H and O–H groups in total. The average Bonchev–Trinajstić information content (AvgIpc) is 3.20. The van der Waals surface area contributed by atoms with Crippen LogP contribution in [0.5, 0.6) is 11.5 Å². The molecule has 2 amide bonds. The van der Waals surface area contributed by atoms with Gasteiger partial charge in [-0.2, -0.15) is 0 Å². The van der Waals surface area contributed by atoms with Gasteiger partial charge in [-0.3, -0.25) is 19.7 Å². The van der Waals surface area contributed by atoms with Crippen molar-refractivity contribution in [2.45, 2.75) is 12.8 Å². The average molecular weight is 426 g/mol. The Morgan fingerprint density at radius 2 is 1.97 bits per heavy atom. The van der Waals surface area contributed by atoms with E-state index >= 15 is 0 Å². The van der Waals surface area contributed by atoms with Crippen molar-refractivity contribution in [3.05, 3.63) is 63.5 Å². The Morgan fingerprint density at radius 3 is 2.80 bits per heavy atom. The first-order valence-corrected chi connectivity index (χ1v) is 10.1. The lowest BCUT2D eigenvalue weighted by atomic mass is 10.2. The number of thiazole rings is 1. The summed E-state index contributed by atoms with van der Waals surface area (Å²) in [5, 5.41) is 7.55. The van der Waals surface area contributed by atoms with E-state index in [1.54, 1.807) is 29.6 Å². The summed E-state index contributed by atoms with van der Waals surface area (Å²) in [5.41, 5.74) is 0.841. The van der Waals surface area contributed by atoms with Gasteiger partial charge in [0.15, 0.2) is 16.6 Å². The van der Waals surface area contributed by atoms with Gasteiger partial charge in [-0.15, -0.1) is 11.3 Å². The summed E-state index contributed by atoms with van der Waals surface area (Å²) in [6, 6.07) is 8.26. The Hall–Kier alpha value is -3.66. The monoisotopic (exact) mass is 426 g/mol. The Bertz CT molecular complexity index is 1140. The van der Waals surface area contributed by atoms with Crippen LogP contribution in [0.15, 0.2) is 46.7 Å². The zero-order valence-corrected chi connectivity index (χ0v) is 16.6. The zero-order chi connectivity index (χ0) is 20.9. The van der Waals surface area contributed by atoms with Crippen LogP contribution in [0.1, 0.15) is 22.5 Å². The third-order valence-corrected chi connectivity index (χ3v) is 5.08. The Labute approximate surface area is 175 Å². The van der Waals surface area contributed by atoms with Crippen molar-refractivity contribution in [1.82, 2.24) is 9.97 Å². The molecule has 0 fully saturated rings. The molecule has 0 saturated heterocycles. The highest BCUT2D eigenvalue weighted by Crippen LogP contribution is 2.32. The number of hydrogen-bond donors (Lipinski definition) is 3. The number of aromatic nitrogens is 2. The van der Waals surface area contributed by atoms with Gasteiger partial charge in [0.25, 0.3) is 11.5 Å². The van der Waals surface area contributed by atoms with Crippen LogP contribution in [0, 0.1) is 0 Å². The number of hydrogen-bond acceptors (Lipinski definition) is 7. The fourth-order valence-corrected chi connectivity index (χ4v) is 3.57. The van der Waals surface area contributed by atoms with Gasteiger partial charge in [0.2, 0.25) is 5.91 Å². The number of nitrogens with zero attached hydrogens (tertiary/aromatic N) is 1. The fourth-order valence-electron chi connectivity index (χ4n) is 2.83. The Morgan fingerprint density at radius 1 is 1.13 bits per heavy atom. The van der Waals surface area contributed by atoms with E-state index in [-0.39, 0.29) is 17.9 Å². The minimum absolute atomic E-state index is 0.00746. The van der Waals surface area contributed by atoms with Crippen LogP contribution in [-0.2, 0) is 11.2 Å². The lowest BCUT2D eigenvalue weighted by Crippen LogP contribution is -2.22. The molecular formula is C20H18N4O5S. The number of H-pyrrole nitrogens is 1. The second-order valence-corrected chi connectivity index (χ2v) is 7.28. The smallest absolute Gasteiger partial charge is 0.263 e. The number of carbonyl (C=O) groups excluding carboxylic acids is 2. The molecule has 154 valence electrons. The van der Waals surface area contributed by atoms with Crippen LogP contribution >= 0.6 is 11.3 Å². The highest BCUT2D eigenvalue weighted by atomic mass is 32.1. The largest absolute Gasteiger partial charge is 0.486 e. The maximum Gasteiger partial charge on any atom is 0.263 e. The second-order valence-electron chi connectivity index (χ2n) is 6.42. The highest BCUT2D eigenvalue weighted by molar-refractivity contribution is 7.14. The lowest BCUT2D eigenvalue weighted by molar-refractivity contribution is -0.116. The maximum atomic E-state index is 12.2. The third kappa shape index (κ3) is 4.66. The van der Waals surface area contributed by atoms with E-state index in [1.807, 2.05) is 0 Å². The van der Waals surface area contributed by atoms with Crippen LogP contribution in [0.2, 0.25) is 0 Å². The minimum Gasteiger partial charge on any atom is -0.486 e. The van der Waals surface area contributed by atoms with Gasteiger partial charge in [-0.25, -0.2) is 4.98 Å². The minimum atomic E-state index is -0.533. The van der Waals surface area contributed by atoms with Crippen LogP contribution < -0.4 is 25.7 Å². The lowest BCUT2D eigenvalue weighted by Gasteiger charge is -2.19. The van der Waals surface area contributed by atoms with E-state index in [0.29, 0.717) is 47.6 Å². The number of anilines is 2. The summed E-state index contributed by atoms with van der Waals surface area (Å²) >= 11 is 1.23. The van der Waals surface area contributed by atoms with Gasteiger partial charge in [-0.05, 0) is 30.7 Å². The quantitative estimate of drug-likeness (QED) is 0.556. The van der Waals surface area contributed by atoms with Crippen LogP contribution in [0.3, 0.4) is 0 Å². The summed E-state index contributed by atoms with van der Waals surface area (Å²) in [5.74, 6) is 0.570. The number of aryl methyl sites for hydroxylation is 1. The fraction of sp³-hybridized carbons (Fsp3) is 0.200. The molecule has 1 aliphatic rings. The van der Waals surface area contributed by atoms with Gasteiger partial charge in [0.1, 0.15) is 18.8 Å². The molecule has 0 radical (unpaired) electrons. The standard InChI is InChI=1S/C20H18N4O5S/c25-17(22-12-3-5-15-16(10-12)29-9-8-28-15)6-4-13-11-30-20(23-13)24-19(27)14-2-1-7-21-18(14)26/h1-3,5,7,10-11H,4,6,8-9H2,(H,21,26)(H,22,25)(H,23,24,27). The van der Waals surface area contributed by atoms with E-state index < -0.39 is 11.5 Å². The zero-order valence-electron chi connectivity index (χ0n) is 15.8. The molecule has 1 aliphatic heterocycles. The molecule has 3 aromatic rings. The SMILES string of the molecule is O=C(CCc1csc(NC(=O)c2ccc[nH]c2=O)n1)Nc1ccc2c(c1)OCCO2.